The molecule has 33 heavy (non-hydrogen) atoms. The van der Waals surface area contributed by atoms with E-state index in [4.69, 9.17) is 4.74 Å². The van der Waals surface area contributed by atoms with Crippen molar-refractivity contribution in [3.8, 4) is 5.75 Å². The topological polar surface area (TPSA) is 49.9 Å². The quantitative estimate of drug-likeness (QED) is 0.497. The van der Waals surface area contributed by atoms with Gasteiger partial charge in [-0.1, -0.05) is 67.6 Å². The van der Waals surface area contributed by atoms with Crippen LogP contribution in [-0.4, -0.2) is 29.9 Å². The van der Waals surface area contributed by atoms with E-state index in [1.54, 1.807) is 0 Å². The molecule has 2 aliphatic heterocycles. The summed E-state index contributed by atoms with van der Waals surface area (Å²) in [6.07, 6.45) is 1.77. The van der Waals surface area contributed by atoms with E-state index in [1.807, 2.05) is 77.7 Å². The summed E-state index contributed by atoms with van der Waals surface area (Å²) in [7, 11) is 0. The summed E-state index contributed by atoms with van der Waals surface area (Å²) in [5, 5.41) is 0. The molecule has 0 spiro atoms. The van der Waals surface area contributed by atoms with Crippen LogP contribution >= 0.6 is 0 Å². The zero-order chi connectivity index (χ0) is 22.8. The van der Waals surface area contributed by atoms with Gasteiger partial charge in [-0.05, 0) is 47.7 Å². The SMILES string of the molecule is CCCOc1ccc(C2=C(N3CCc4ccccc43)C(=O)N(Cc3ccccc3)C2=O)cc1. The van der Waals surface area contributed by atoms with Crippen LogP contribution in [0.25, 0.3) is 5.57 Å². The van der Waals surface area contributed by atoms with Crippen LogP contribution in [0.4, 0.5) is 5.69 Å². The maximum Gasteiger partial charge on any atom is 0.278 e. The van der Waals surface area contributed by atoms with Gasteiger partial charge in [-0.3, -0.25) is 14.5 Å². The molecule has 2 aliphatic rings. The maximum absolute atomic E-state index is 13.7. The highest BCUT2D eigenvalue weighted by atomic mass is 16.5. The van der Waals surface area contributed by atoms with Gasteiger partial charge in [0.2, 0.25) is 0 Å². The number of hydrogen-bond acceptors (Lipinski definition) is 4. The summed E-state index contributed by atoms with van der Waals surface area (Å²) in [5.41, 5.74) is 4.75. The summed E-state index contributed by atoms with van der Waals surface area (Å²) < 4.78 is 5.71. The van der Waals surface area contributed by atoms with Gasteiger partial charge in [-0.25, -0.2) is 0 Å². The monoisotopic (exact) mass is 438 g/mol. The molecule has 5 heteroatoms. The Morgan fingerprint density at radius 1 is 0.848 bits per heavy atom. The fraction of sp³-hybridized carbons (Fsp3) is 0.214. The van der Waals surface area contributed by atoms with Crippen molar-refractivity contribution in [3.63, 3.8) is 0 Å². The average molecular weight is 439 g/mol. The molecule has 2 amide bonds. The normalized spacial score (nSPS) is 15.4. The van der Waals surface area contributed by atoms with Gasteiger partial charge >= 0.3 is 0 Å². The largest absolute Gasteiger partial charge is 0.494 e. The van der Waals surface area contributed by atoms with Gasteiger partial charge < -0.3 is 9.64 Å². The van der Waals surface area contributed by atoms with Crippen molar-refractivity contribution in [1.82, 2.24) is 4.90 Å². The van der Waals surface area contributed by atoms with Crippen molar-refractivity contribution < 1.29 is 14.3 Å². The summed E-state index contributed by atoms with van der Waals surface area (Å²) in [4.78, 5) is 30.7. The van der Waals surface area contributed by atoms with Gasteiger partial charge in [0.25, 0.3) is 11.8 Å². The molecule has 0 saturated heterocycles. The van der Waals surface area contributed by atoms with Crippen molar-refractivity contribution in [2.24, 2.45) is 0 Å². The minimum absolute atomic E-state index is 0.248. The van der Waals surface area contributed by atoms with Crippen LogP contribution in [0.1, 0.15) is 30.0 Å². The lowest BCUT2D eigenvalue weighted by Gasteiger charge is -2.22. The minimum Gasteiger partial charge on any atom is -0.494 e. The third kappa shape index (κ3) is 3.91. The summed E-state index contributed by atoms with van der Waals surface area (Å²) in [6, 6.07) is 25.2. The number of carbonyl (C=O) groups excluding carboxylic acids is 2. The van der Waals surface area contributed by atoms with E-state index >= 15 is 0 Å². The van der Waals surface area contributed by atoms with Crippen molar-refractivity contribution >= 4 is 23.1 Å². The molecule has 0 fully saturated rings. The number of imide groups is 1. The Kier molecular flexibility index (Phi) is 5.69. The molecular weight excluding hydrogens is 412 g/mol. The highest BCUT2D eigenvalue weighted by Gasteiger charge is 2.43. The van der Waals surface area contributed by atoms with Crippen molar-refractivity contribution in [2.45, 2.75) is 26.3 Å². The standard InChI is InChI=1S/C28H26N2O3/c1-2-18-33-23-14-12-22(13-15-23)25-26(29-17-16-21-10-6-7-11-24(21)29)28(32)30(27(25)31)19-20-8-4-3-5-9-20/h3-15H,2,16-19H2,1H3. The zero-order valence-electron chi connectivity index (χ0n) is 18.7. The predicted molar refractivity (Wildman–Crippen MR) is 129 cm³/mol. The third-order valence-corrected chi connectivity index (χ3v) is 6.10. The van der Waals surface area contributed by atoms with Gasteiger partial charge in [0.15, 0.2) is 0 Å². The molecular formula is C28H26N2O3. The van der Waals surface area contributed by atoms with Crippen LogP contribution in [0.15, 0.2) is 84.6 Å². The van der Waals surface area contributed by atoms with E-state index in [9.17, 15) is 9.59 Å². The minimum atomic E-state index is -0.259. The van der Waals surface area contributed by atoms with Gasteiger partial charge in [0, 0.05) is 12.2 Å². The number of amides is 2. The Balaban J connectivity index is 1.56. The Bertz CT molecular complexity index is 1220. The Morgan fingerprint density at radius 2 is 1.58 bits per heavy atom. The fourth-order valence-corrected chi connectivity index (χ4v) is 4.49. The predicted octanol–water partition coefficient (Wildman–Crippen LogP) is 4.82. The maximum atomic E-state index is 13.7. The first-order chi connectivity index (χ1) is 16.2. The van der Waals surface area contributed by atoms with E-state index in [1.165, 1.54) is 10.5 Å². The molecule has 5 rings (SSSR count). The molecule has 0 N–H and O–H groups in total. The Hall–Kier alpha value is -3.86. The van der Waals surface area contributed by atoms with Gasteiger partial charge in [0.05, 0.1) is 18.7 Å². The lowest BCUT2D eigenvalue weighted by Crippen LogP contribution is -2.34. The smallest absolute Gasteiger partial charge is 0.278 e. The molecule has 166 valence electrons. The first kappa shape index (κ1) is 21.0. The van der Waals surface area contributed by atoms with Crippen molar-refractivity contribution in [1.29, 1.82) is 0 Å². The molecule has 0 saturated carbocycles. The number of fused-ring (bicyclic) bond motifs is 1. The molecule has 3 aromatic carbocycles. The molecule has 0 atom stereocenters. The van der Waals surface area contributed by atoms with E-state index in [-0.39, 0.29) is 18.4 Å². The summed E-state index contributed by atoms with van der Waals surface area (Å²) in [5.74, 6) is 0.250. The second-order valence-corrected chi connectivity index (χ2v) is 8.31. The van der Waals surface area contributed by atoms with Crippen molar-refractivity contribution in [2.75, 3.05) is 18.1 Å². The second-order valence-electron chi connectivity index (χ2n) is 8.31. The van der Waals surface area contributed by atoms with E-state index < -0.39 is 0 Å². The van der Waals surface area contributed by atoms with Gasteiger partial charge in [-0.15, -0.1) is 0 Å². The number of benzene rings is 3. The first-order valence-electron chi connectivity index (χ1n) is 11.4. The molecule has 0 aliphatic carbocycles. The molecule has 3 aromatic rings. The lowest BCUT2D eigenvalue weighted by molar-refractivity contribution is -0.137. The number of rotatable bonds is 7. The molecule has 0 unspecified atom stereocenters. The number of nitrogens with zero attached hydrogens (tertiary/aromatic N) is 2. The second kappa shape index (κ2) is 8.94. The number of para-hydroxylation sites is 1. The highest BCUT2D eigenvalue weighted by Crippen LogP contribution is 2.39. The first-order valence-corrected chi connectivity index (χ1v) is 11.4. The fourth-order valence-electron chi connectivity index (χ4n) is 4.49. The molecule has 5 nitrogen and oxygen atoms in total. The summed E-state index contributed by atoms with van der Waals surface area (Å²) >= 11 is 0. The van der Waals surface area contributed by atoms with Crippen LogP contribution in [0.3, 0.4) is 0 Å². The van der Waals surface area contributed by atoms with E-state index in [0.29, 0.717) is 24.4 Å². The number of anilines is 1. The molecule has 0 bridgehead atoms. The number of ether oxygens (including phenoxy) is 1. The van der Waals surface area contributed by atoms with Crippen LogP contribution in [0, 0.1) is 0 Å². The summed E-state index contributed by atoms with van der Waals surface area (Å²) in [6.45, 7) is 3.62. The van der Waals surface area contributed by atoms with Crippen molar-refractivity contribution in [3.05, 3.63) is 101 Å². The van der Waals surface area contributed by atoms with E-state index in [0.717, 1.165) is 35.4 Å². The van der Waals surface area contributed by atoms with E-state index in [2.05, 4.69) is 13.0 Å². The van der Waals surface area contributed by atoms with Gasteiger partial charge in [-0.2, -0.15) is 0 Å². The zero-order valence-corrected chi connectivity index (χ0v) is 18.7. The molecule has 2 heterocycles. The highest BCUT2D eigenvalue weighted by molar-refractivity contribution is 6.36. The third-order valence-electron chi connectivity index (χ3n) is 6.10. The van der Waals surface area contributed by atoms with Crippen LogP contribution in [-0.2, 0) is 22.6 Å². The van der Waals surface area contributed by atoms with Crippen LogP contribution in [0.5, 0.6) is 5.75 Å². The van der Waals surface area contributed by atoms with Crippen LogP contribution < -0.4 is 9.64 Å². The van der Waals surface area contributed by atoms with Crippen LogP contribution in [0.2, 0.25) is 0 Å². The molecule has 0 radical (unpaired) electrons. The Morgan fingerprint density at radius 3 is 2.33 bits per heavy atom. The van der Waals surface area contributed by atoms with Gasteiger partial charge in [0.1, 0.15) is 11.4 Å². The lowest BCUT2D eigenvalue weighted by atomic mass is 10.0. The Labute approximate surface area is 193 Å². The number of carbonyl (C=O) groups is 2. The molecule has 0 aromatic heterocycles. The number of hydrogen-bond donors (Lipinski definition) is 0. The average Bonchev–Trinajstić information content (AvgIpc) is 3.38.